The number of Topliss-reactive ketones (excluding diaryl/α,β-unsaturated/α-hetero) is 1. The zero-order valence-corrected chi connectivity index (χ0v) is 9.15. The first kappa shape index (κ1) is 11.2. The fourth-order valence-corrected chi connectivity index (χ4v) is 1.44. The number of nitrogens with zero attached hydrogens (tertiary/aromatic N) is 2. The van der Waals surface area contributed by atoms with Crippen molar-refractivity contribution in [2.75, 3.05) is 5.73 Å². The summed E-state index contributed by atoms with van der Waals surface area (Å²) in [4.78, 5) is 11.6. The maximum Gasteiger partial charge on any atom is 0.196 e. The third-order valence-electron chi connectivity index (χ3n) is 1.80. The van der Waals surface area contributed by atoms with Gasteiger partial charge in [-0.05, 0) is 18.2 Å². The van der Waals surface area contributed by atoms with Crippen molar-refractivity contribution in [2.45, 2.75) is 0 Å². The van der Waals surface area contributed by atoms with E-state index in [4.69, 9.17) is 16.3 Å². The van der Waals surface area contributed by atoms with E-state index >= 15 is 0 Å². The van der Waals surface area contributed by atoms with Crippen LogP contribution in [0, 0.1) is 28.6 Å². The molecule has 2 N–H and O–H groups in total. The number of anilines is 1. The van der Waals surface area contributed by atoms with Gasteiger partial charge in [-0.25, -0.2) is 0 Å². The summed E-state index contributed by atoms with van der Waals surface area (Å²) in [5.74, 6) is -1.86. The van der Waals surface area contributed by atoms with Crippen LogP contribution in [-0.4, -0.2) is 5.78 Å². The molecule has 0 radical (unpaired) electrons. The van der Waals surface area contributed by atoms with Crippen LogP contribution in [0.2, 0.25) is 0 Å². The number of carbonyl (C=O) groups is 1. The largest absolute Gasteiger partial charge is 0.398 e. The number of benzene rings is 1. The van der Waals surface area contributed by atoms with E-state index < -0.39 is 11.7 Å². The number of hydrogen-bond donors (Lipinski definition) is 1. The van der Waals surface area contributed by atoms with Crippen molar-refractivity contribution < 1.29 is 4.79 Å². The van der Waals surface area contributed by atoms with Crippen molar-refractivity contribution in [3.8, 4) is 12.1 Å². The molecule has 5 heteroatoms. The second-order valence-corrected chi connectivity index (χ2v) is 3.70. The Balaban J connectivity index is 3.14. The Morgan fingerprint density at radius 3 is 2.47 bits per heavy atom. The van der Waals surface area contributed by atoms with Gasteiger partial charge in [-0.3, -0.25) is 4.79 Å². The van der Waals surface area contributed by atoms with Gasteiger partial charge in [0.25, 0.3) is 0 Å². The molecule has 1 aromatic rings. The second-order valence-electron chi connectivity index (χ2n) is 2.79. The molecular weight excluding hydrogens is 258 g/mol. The number of halogens is 1. The molecule has 0 saturated heterocycles. The first-order chi connectivity index (χ1) is 7.10. The molecule has 0 aliphatic rings. The molecule has 0 heterocycles. The van der Waals surface area contributed by atoms with Crippen LogP contribution >= 0.6 is 15.9 Å². The number of nitrogens with two attached hydrogens (primary N) is 1. The summed E-state index contributed by atoms with van der Waals surface area (Å²) in [6.45, 7) is 0. The smallest absolute Gasteiger partial charge is 0.196 e. The highest BCUT2D eigenvalue weighted by atomic mass is 79.9. The lowest BCUT2D eigenvalue weighted by molar-refractivity contribution is 0.0971. The number of rotatable bonds is 2. The molecule has 0 spiro atoms. The Bertz CT molecular complexity index is 470. The fraction of sp³-hybridized carbons (Fsp3) is 0.100. The predicted molar refractivity (Wildman–Crippen MR) is 57.6 cm³/mol. The van der Waals surface area contributed by atoms with Crippen molar-refractivity contribution in [1.82, 2.24) is 0 Å². The Kier molecular flexibility index (Phi) is 3.43. The van der Waals surface area contributed by atoms with E-state index in [1.165, 1.54) is 6.07 Å². The second kappa shape index (κ2) is 4.59. The van der Waals surface area contributed by atoms with Gasteiger partial charge in [-0.2, -0.15) is 10.5 Å². The van der Waals surface area contributed by atoms with E-state index in [1.54, 1.807) is 24.3 Å². The van der Waals surface area contributed by atoms with Crippen LogP contribution in [0.5, 0.6) is 0 Å². The van der Waals surface area contributed by atoms with Crippen LogP contribution in [0.4, 0.5) is 5.69 Å². The summed E-state index contributed by atoms with van der Waals surface area (Å²) in [7, 11) is 0. The molecule has 0 unspecified atom stereocenters. The standard InChI is InChI=1S/C10H6BrN3O/c11-7-1-2-8(9(14)3-7)10(15)6(4-12)5-13/h1-3,6H,14H2. The molecule has 0 atom stereocenters. The summed E-state index contributed by atoms with van der Waals surface area (Å²) in [5.41, 5.74) is 6.05. The quantitative estimate of drug-likeness (QED) is 0.652. The van der Waals surface area contributed by atoms with Crippen LogP contribution in [0.25, 0.3) is 0 Å². The Morgan fingerprint density at radius 2 is 2.00 bits per heavy atom. The van der Waals surface area contributed by atoms with Crippen LogP contribution in [-0.2, 0) is 0 Å². The zero-order chi connectivity index (χ0) is 11.4. The lowest BCUT2D eigenvalue weighted by Gasteiger charge is -2.04. The maximum atomic E-state index is 11.6. The maximum absolute atomic E-state index is 11.6. The van der Waals surface area contributed by atoms with Crippen molar-refractivity contribution in [3.63, 3.8) is 0 Å². The van der Waals surface area contributed by atoms with Gasteiger partial charge in [0, 0.05) is 15.7 Å². The van der Waals surface area contributed by atoms with Crippen molar-refractivity contribution in [2.24, 2.45) is 5.92 Å². The number of carbonyl (C=O) groups excluding carboxylic acids is 1. The third kappa shape index (κ3) is 2.34. The van der Waals surface area contributed by atoms with Crippen LogP contribution in [0.3, 0.4) is 0 Å². The third-order valence-corrected chi connectivity index (χ3v) is 2.29. The van der Waals surface area contributed by atoms with Crippen LogP contribution < -0.4 is 5.73 Å². The summed E-state index contributed by atoms with van der Waals surface area (Å²) in [6.07, 6.45) is 0. The van der Waals surface area contributed by atoms with Gasteiger partial charge in [-0.15, -0.1) is 0 Å². The summed E-state index contributed by atoms with van der Waals surface area (Å²) in [5, 5.41) is 17.1. The molecule has 0 amide bonds. The monoisotopic (exact) mass is 263 g/mol. The van der Waals surface area contributed by atoms with Crippen molar-refractivity contribution >= 4 is 27.4 Å². The Hall–Kier alpha value is -1.85. The molecule has 74 valence electrons. The minimum Gasteiger partial charge on any atom is -0.398 e. The van der Waals surface area contributed by atoms with Gasteiger partial charge in [0.1, 0.15) is 0 Å². The minimum absolute atomic E-state index is 0.200. The number of ketones is 1. The molecule has 15 heavy (non-hydrogen) atoms. The van der Waals surface area contributed by atoms with Crippen molar-refractivity contribution in [3.05, 3.63) is 28.2 Å². The zero-order valence-electron chi connectivity index (χ0n) is 7.57. The molecule has 0 bridgehead atoms. The van der Waals surface area contributed by atoms with E-state index in [0.29, 0.717) is 0 Å². The van der Waals surface area contributed by atoms with Gasteiger partial charge in [-0.1, -0.05) is 15.9 Å². The highest BCUT2D eigenvalue weighted by Crippen LogP contribution is 2.21. The molecule has 4 nitrogen and oxygen atoms in total. The van der Waals surface area contributed by atoms with Gasteiger partial charge in [0.05, 0.1) is 12.1 Å². The summed E-state index contributed by atoms with van der Waals surface area (Å²) < 4.78 is 0.738. The first-order valence-electron chi connectivity index (χ1n) is 3.98. The van der Waals surface area contributed by atoms with Gasteiger partial charge in [0.15, 0.2) is 11.7 Å². The highest BCUT2D eigenvalue weighted by molar-refractivity contribution is 9.10. The van der Waals surface area contributed by atoms with Crippen molar-refractivity contribution in [1.29, 1.82) is 10.5 Å². The predicted octanol–water partition coefficient (Wildman–Crippen LogP) is 1.88. The first-order valence-corrected chi connectivity index (χ1v) is 4.78. The lowest BCUT2D eigenvalue weighted by Crippen LogP contribution is -2.12. The number of nitriles is 2. The number of nitrogen functional groups attached to an aromatic ring is 1. The molecule has 0 aliphatic heterocycles. The normalized spacial score (nSPS) is 9.33. The van der Waals surface area contributed by atoms with E-state index in [9.17, 15) is 4.79 Å². The molecule has 0 aromatic heterocycles. The average molecular weight is 264 g/mol. The average Bonchev–Trinajstić information content (AvgIpc) is 2.19. The van der Waals surface area contributed by atoms with Gasteiger partial charge in [0.2, 0.25) is 0 Å². The van der Waals surface area contributed by atoms with Crippen LogP contribution in [0.1, 0.15) is 10.4 Å². The molecule has 1 rings (SSSR count). The summed E-state index contributed by atoms with van der Waals surface area (Å²) in [6, 6.07) is 7.91. The summed E-state index contributed by atoms with van der Waals surface area (Å²) >= 11 is 3.20. The van der Waals surface area contributed by atoms with E-state index in [2.05, 4.69) is 15.9 Å². The Labute approximate surface area is 95.0 Å². The fourth-order valence-electron chi connectivity index (χ4n) is 1.06. The molecular formula is C10H6BrN3O. The van der Waals surface area contributed by atoms with Gasteiger partial charge < -0.3 is 5.73 Å². The Morgan fingerprint density at radius 1 is 1.40 bits per heavy atom. The SMILES string of the molecule is N#CC(C#N)C(=O)c1ccc(Br)cc1N. The van der Waals surface area contributed by atoms with Crippen LogP contribution in [0.15, 0.2) is 22.7 Å². The van der Waals surface area contributed by atoms with E-state index in [-0.39, 0.29) is 11.3 Å². The van der Waals surface area contributed by atoms with Gasteiger partial charge >= 0.3 is 0 Å². The minimum atomic E-state index is -1.30. The topological polar surface area (TPSA) is 90.7 Å². The molecule has 0 fully saturated rings. The van der Waals surface area contributed by atoms with E-state index in [0.717, 1.165) is 4.47 Å². The van der Waals surface area contributed by atoms with E-state index in [1.807, 2.05) is 0 Å². The molecule has 0 aliphatic carbocycles. The number of hydrogen-bond acceptors (Lipinski definition) is 4. The lowest BCUT2D eigenvalue weighted by atomic mass is 9.99. The molecule has 1 aromatic carbocycles. The molecule has 0 saturated carbocycles. The highest BCUT2D eigenvalue weighted by Gasteiger charge is 2.20.